The van der Waals surface area contributed by atoms with Gasteiger partial charge in [0.05, 0.1) is 19.8 Å². The molecule has 1 aromatic carbocycles. The molecule has 3 aliphatic rings. The van der Waals surface area contributed by atoms with Crippen LogP contribution in [0.25, 0.3) is 0 Å². The van der Waals surface area contributed by atoms with Crippen LogP contribution in [0.1, 0.15) is 12.8 Å². The summed E-state index contributed by atoms with van der Waals surface area (Å²) in [5.41, 5.74) is 0.204. The lowest BCUT2D eigenvalue weighted by molar-refractivity contribution is -0.192. The zero-order chi connectivity index (χ0) is 22.6. The van der Waals surface area contributed by atoms with E-state index in [4.69, 9.17) is 19.4 Å². The zero-order valence-electron chi connectivity index (χ0n) is 16.7. The number of aliphatic carboxylic acids is 1. The summed E-state index contributed by atoms with van der Waals surface area (Å²) in [4.78, 5) is 25.3. The highest BCUT2D eigenvalue weighted by Crippen LogP contribution is 2.32. The smallest absolute Gasteiger partial charge is 0.475 e. The van der Waals surface area contributed by atoms with Gasteiger partial charge in [0.2, 0.25) is 0 Å². The largest absolute Gasteiger partial charge is 0.490 e. The third-order valence-corrected chi connectivity index (χ3v) is 5.27. The molecule has 1 N–H and O–H groups in total. The summed E-state index contributed by atoms with van der Waals surface area (Å²) < 4.78 is 56.7. The minimum Gasteiger partial charge on any atom is -0.475 e. The number of carboxylic acids is 1. The maximum Gasteiger partial charge on any atom is 0.490 e. The number of morpholine rings is 1. The Morgan fingerprint density at radius 1 is 1.19 bits per heavy atom. The first-order valence-corrected chi connectivity index (χ1v) is 9.88. The molecule has 1 unspecified atom stereocenters. The fourth-order valence-electron chi connectivity index (χ4n) is 3.56. The quantitative estimate of drug-likeness (QED) is 0.715. The van der Waals surface area contributed by atoms with Crippen molar-refractivity contribution in [1.82, 2.24) is 4.90 Å². The predicted octanol–water partition coefficient (Wildman–Crippen LogP) is 2.30. The summed E-state index contributed by atoms with van der Waals surface area (Å²) in [7, 11) is 0. The molecule has 1 aromatic rings. The summed E-state index contributed by atoms with van der Waals surface area (Å²) >= 11 is 0. The van der Waals surface area contributed by atoms with Crippen molar-refractivity contribution < 1.29 is 41.7 Å². The number of rotatable bonds is 3. The molecule has 0 radical (unpaired) electrons. The van der Waals surface area contributed by atoms with E-state index < -0.39 is 17.7 Å². The summed E-state index contributed by atoms with van der Waals surface area (Å²) in [5, 5.41) is 7.12. The van der Waals surface area contributed by atoms with E-state index in [0.29, 0.717) is 25.4 Å². The highest BCUT2D eigenvalue weighted by atomic mass is 19.4. The van der Waals surface area contributed by atoms with Gasteiger partial charge in [-0.05, 0) is 43.0 Å². The number of alkyl halides is 3. The SMILES string of the molecule is O=C(O)C(F)(F)F.O=C1COC2(COCCN(CC3CC3)C2)CN1c1ccc(F)cc1. The molecule has 31 heavy (non-hydrogen) atoms. The van der Waals surface area contributed by atoms with E-state index in [2.05, 4.69) is 4.90 Å². The number of carbonyl (C=O) groups excluding carboxylic acids is 1. The molecule has 1 atom stereocenters. The van der Waals surface area contributed by atoms with Crippen LogP contribution in [0.15, 0.2) is 24.3 Å². The van der Waals surface area contributed by atoms with Gasteiger partial charge in [-0.1, -0.05) is 0 Å². The zero-order valence-corrected chi connectivity index (χ0v) is 16.7. The third kappa shape index (κ3) is 6.62. The van der Waals surface area contributed by atoms with Gasteiger partial charge < -0.3 is 19.5 Å². The number of hydrogen-bond acceptors (Lipinski definition) is 5. The van der Waals surface area contributed by atoms with Crippen LogP contribution in [0.3, 0.4) is 0 Å². The summed E-state index contributed by atoms with van der Waals surface area (Å²) in [5.74, 6) is -2.35. The summed E-state index contributed by atoms with van der Waals surface area (Å²) in [6.07, 6.45) is -2.46. The van der Waals surface area contributed by atoms with Crippen molar-refractivity contribution in [1.29, 1.82) is 0 Å². The van der Waals surface area contributed by atoms with Crippen LogP contribution in [-0.2, 0) is 19.1 Å². The lowest BCUT2D eigenvalue weighted by Gasteiger charge is -2.43. The standard InChI is InChI=1S/C18H23FN2O3.C2HF3O2/c19-15-3-5-16(6-4-15)21-12-18(24-10-17(21)22)11-20(7-8-23-13-18)9-14-1-2-14;3-2(4,5)1(6)7/h3-6,14H,1-2,7-13H2;(H,6,7). The minimum atomic E-state index is -5.08. The van der Waals surface area contributed by atoms with E-state index in [0.717, 1.165) is 25.6 Å². The van der Waals surface area contributed by atoms with Crippen molar-refractivity contribution in [2.24, 2.45) is 5.92 Å². The monoisotopic (exact) mass is 448 g/mol. The maximum atomic E-state index is 13.2. The molecule has 2 heterocycles. The lowest BCUT2D eigenvalue weighted by atomic mass is 10.0. The van der Waals surface area contributed by atoms with Gasteiger partial charge in [-0.25, -0.2) is 9.18 Å². The van der Waals surface area contributed by atoms with Crippen molar-refractivity contribution in [3.8, 4) is 0 Å². The first-order chi connectivity index (χ1) is 14.6. The molecule has 11 heteroatoms. The van der Waals surface area contributed by atoms with Crippen molar-refractivity contribution in [3.05, 3.63) is 30.1 Å². The second-order valence-corrected chi connectivity index (χ2v) is 7.96. The Hall–Kier alpha value is -2.24. The average molecular weight is 448 g/mol. The summed E-state index contributed by atoms with van der Waals surface area (Å²) in [6, 6.07) is 6.05. The van der Waals surface area contributed by atoms with Crippen LogP contribution in [0.5, 0.6) is 0 Å². The number of hydrogen-bond donors (Lipinski definition) is 1. The van der Waals surface area contributed by atoms with Gasteiger partial charge in [0.25, 0.3) is 5.91 Å². The molecular formula is C20H24F4N2O5. The number of benzene rings is 1. The Morgan fingerprint density at radius 2 is 1.84 bits per heavy atom. The van der Waals surface area contributed by atoms with Gasteiger partial charge >= 0.3 is 12.1 Å². The minimum absolute atomic E-state index is 0.0397. The van der Waals surface area contributed by atoms with Crippen LogP contribution < -0.4 is 4.90 Å². The molecule has 2 aliphatic heterocycles. The third-order valence-electron chi connectivity index (χ3n) is 5.27. The Bertz CT molecular complexity index is 785. The number of nitrogens with zero attached hydrogens (tertiary/aromatic N) is 2. The topological polar surface area (TPSA) is 79.3 Å². The molecule has 0 bridgehead atoms. The van der Waals surface area contributed by atoms with Crippen LogP contribution in [0.2, 0.25) is 0 Å². The van der Waals surface area contributed by atoms with Crippen molar-refractivity contribution in [3.63, 3.8) is 0 Å². The number of amides is 1. The number of carbonyl (C=O) groups is 2. The van der Waals surface area contributed by atoms with E-state index in [1.165, 1.54) is 25.0 Å². The first kappa shape index (κ1) is 23.4. The van der Waals surface area contributed by atoms with E-state index in [1.54, 1.807) is 17.0 Å². The average Bonchev–Trinajstić information content (AvgIpc) is 3.53. The van der Waals surface area contributed by atoms with Gasteiger partial charge in [0.15, 0.2) is 0 Å². The van der Waals surface area contributed by atoms with E-state index in [9.17, 15) is 22.4 Å². The number of carboxylic acid groups (broad SMARTS) is 1. The molecule has 7 nitrogen and oxygen atoms in total. The fourth-order valence-corrected chi connectivity index (χ4v) is 3.56. The van der Waals surface area contributed by atoms with E-state index in [-0.39, 0.29) is 18.3 Å². The Balaban J connectivity index is 0.000000339. The normalized spacial score (nSPS) is 25.0. The molecule has 0 aromatic heterocycles. The molecule has 4 rings (SSSR count). The van der Waals surface area contributed by atoms with Gasteiger partial charge in [0.1, 0.15) is 18.0 Å². The van der Waals surface area contributed by atoms with Crippen LogP contribution in [0, 0.1) is 11.7 Å². The molecule has 172 valence electrons. The van der Waals surface area contributed by atoms with Gasteiger partial charge in [0, 0.05) is 25.3 Å². The van der Waals surface area contributed by atoms with E-state index in [1.807, 2.05) is 0 Å². The highest BCUT2D eigenvalue weighted by Gasteiger charge is 2.44. The van der Waals surface area contributed by atoms with Crippen LogP contribution >= 0.6 is 0 Å². The fraction of sp³-hybridized carbons (Fsp3) is 0.600. The van der Waals surface area contributed by atoms with Crippen molar-refractivity contribution >= 4 is 17.6 Å². The summed E-state index contributed by atoms with van der Waals surface area (Å²) in [6.45, 7) is 4.43. The van der Waals surface area contributed by atoms with Crippen molar-refractivity contribution in [2.75, 3.05) is 50.9 Å². The number of halogens is 4. The Labute approximate surface area is 176 Å². The van der Waals surface area contributed by atoms with Gasteiger partial charge in [-0.2, -0.15) is 13.2 Å². The van der Waals surface area contributed by atoms with Gasteiger partial charge in [-0.15, -0.1) is 0 Å². The van der Waals surface area contributed by atoms with Crippen LogP contribution in [-0.4, -0.2) is 79.7 Å². The Morgan fingerprint density at radius 3 is 2.42 bits per heavy atom. The van der Waals surface area contributed by atoms with Gasteiger partial charge in [-0.3, -0.25) is 9.69 Å². The second-order valence-electron chi connectivity index (χ2n) is 7.96. The highest BCUT2D eigenvalue weighted by molar-refractivity contribution is 5.95. The maximum absolute atomic E-state index is 13.2. The molecule has 2 saturated heterocycles. The molecular weight excluding hydrogens is 424 g/mol. The molecule has 1 saturated carbocycles. The molecule has 1 amide bonds. The lowest BCUT2D eigenvalue weighted by Crippen LogP contribution is -2.61. The second kappa shape index (κ2) is 9.49. The van der Waals surface area contributed by atoms with Crippen molar-refractivity contribution in [2.45, 2.75) is 24.6 Å². The molecule has 1 spiro atoms. The number of anilines is 1. The first-order valence-electron chi connectivity index (χ1n) is 9.88. The Kier molecular flexibility index (Phi) is 7.17. The molecule has 1 aliphatic carbocycles. The van der Waals surface area contributed by atoms with E-state index >= 15 is 0 Å². The molecule has 3 fully saturated rings. The predicted molar refractivity (Wildman–Crippen MR) is 101 cm³/mol. The van der Waals surface area contributed by atoms with Crippen LogP contribution in [0.4, 0.5) is 23.2 Å². The number of ether oxygens (including phenoxy) is 2.